The van der Waals surface area contributed by atoms with E-state index in [1.165, 1.54) is 0 Å². The molecule has 0 fully saturated rings. The molecule has 326 valence electrons. The molecule has 0 aliphatic carbocycles. The van der Waals surface area contributed by atoms with Crippen molar-refractivity contribution in [3.63, 3.8) is 0 Å². The van der Waals surface area contributed by atoms with Gasteiger partial charge in [-0.2, -0.15) is 0 Å². The minimum absolute atomic E-state index is 0.0595. The van der Waals surface area contributed by atoms with Crippen LogP contribution in [0.4, 0.5) is 0 Å². The fourth-order valence-electron chi connectivity index (χ4n) is 4.99. The first-order valence-corrected chi connectivity index (χ1v) is 23.2. The smallest absolute Gasteiger partial charge is 0.457 e. The normalized spacial score (nSPS) is 14.8. The number of phosphoric acid groups is 1. The maximum absolute atomic E-state index is 12.5. The number of ether oxygens (including phenoxy) is 2. The van der Waals surface area contributed by atoms with E-state index in [1.54, 1.807) is 0 Å². The summed E-state index contributed by atoms with van der Waals surface area (Å²) in [5.74, 6) is -0.427. The lowest BCUT2D eigenvalue weighted by Gasteiger charge is -2.19. The molecule has 0 amide bonds. The Morgan fingerprint density at radius 2 is 0.914 bits per heavy atom. The molecule has 0 saturated heterocycles. The zero-order valence-electron chi connectivity index (χ0n) is 36.0. The van der Waals surface area contributed by atoms with Crippen LogP contribution in [0.3, 0.4) is 0 Å². The van der Waals surface area contributed by atoms with Gasteiger partial charge in [0.05, 0.1) is 19.8 Å². The standard InChI is InChI=1S/C49H78NO7P/c1-3-5-7-9-11-13-15-17-18-19-20-21-22-23-24-25-26-27-28-29-31-33-35-37-39-41-44-54-46-48(47-56-58(52,53)55-45-43-50)57-49(51)42-40-38-36-34-32-30-16-14-12-10-8-6-4-2/h5-8,11-14,17-18,20-21,23-24,26-27,29-32,36,38,48H,3-4,9-10,15-16,19,22,25,28,33-35,37,39-47,50H2,1-2H3,(H,52,53)/b7-5-,8-6-,13-11-,14-12-,18-17-,21-20-,24-23-,27-26-,31-29-,32-30-,38-36-. The molecule has 3 N–H and O–H groups in total. The van der Waals surface area contributed by atoms with Crippen molar-refractivity contribution in [2.24, 2.45) is 5.73 Å². The second kappa shape index (κ2) is 44.7. The van der Waals surface area contributed by atoms with Crippen LogP contribution in [-0.2, 0) is 27.9 Å². The van der Waals surface area contributed by atoms with Crippen LogP contribution in [-0.4, -0.2) is 49.9 Å². The second-order valence-electron chi connectivity index (χ2n) is 13.4. The molecule has 0 spiro atoms. The lowest BCUT2D eigenvalue weighted by atomic mass is 10.1. The van der Waals surface area contributed by atoms with E-state index in [0.29, 0.717) is 13.0 Å². The maximum atomic E-state index is 12.5. The van der Waals surface area contributed by atoms with Crippen LogP contribution in [0.15, 0.2) is 134 Å². The molecule has 9 heteroatoms. The fraction of sp³-hybridized carbons (Fsp3) is 0.531. The molecule has 0 bridgehead atoms. The number of esters is 1. The molecule has 0 heterocycles. The van der Waals surface area contributed by atoms with Gasteiger partial charge in [0, 0.05) is 19.6 Å². The van der Waals surface area contributed by atoms with Crippen molar-refractivity contribution in [3.8, 4) is 0 Å². The third kappa shape index (κ3) is 43.8. The highest BCUT2D eigenvalue weighted by atomic mass is 31.2. The molecule has 0 rings (SSSR count). The van der Waals surface area contributed by atoms with Crippen LogP contribution in [0.2, 0.25) is 0 Å². The molecule has 0 aromatic carbocycles. The summed E-state index contributed by atoms with van der Waals surface area (Å²) in [4.78, 5) is 22.4. The van der Waals surface area contributed by atoms with Crippen molar-refractivity contribution >= 4 is 13.8 Å². The van der Waals surface area contributed by atoms with Crippen molar-refractivity contribution in [1.29, 1.82) is 0 Å². The van der Waals surface area contributed by atoms with Gasteiger partial charge >= 0.3 is 13.8 Å². The zero-order valence-corrected chi connectivity index (χ0v) is 36.9. The first kappa shape index (κ1) is 54.6. The molecule has 58 heavy (non-hydrogen) atoms. The Morgan fingerprint density at radius 1 is 0.517 bits per heavy atom. The Kier molecular flexibility index (Phi) is 42.1. The summed E-state index contributed by atoms with van der Waals surface area (Å²) in [6.45, 7) is 4.47. The molecule has 0 aromatic rings. The van der Waals surface area contributed by atoms with Gasteiger partial charge < -0.3 is 20.1 Å². The quantitative estimate of drug-likeness (QED) is 0.0272. The van der Waals surface area contributed by atoms with Crippen molar-refractivity contribution in [2.45, 2.75) is 136 Å². The number of hydrogen-bond acceptors (Lipinski definition) is 7. The van der Waals surface area contributed by atoms with E-state index in [9.17, 15) is 14.3 Å². The van der Waals surface area contributed by atoms with Gasteiger partial charge in [0.2, 0.25) is 0 Å². The number of carbonyl (C=O) groups excluding carboxylic acids is 1. The Bertz CT molecular complexity index is 1340. The SMILES string of the molecule is CC/C=C\C/C=C\C/C=C\C/C=C\C/C=C\C/C=C\C/C=C\CCCCCCOCC(COP(=O)(O)OCCN)OC(=O)CC/C=C\C/C=C\C/C=C\C/C=C\CC. The van der Waals surface area contributed by atoms with E-state index in [2.05, 4.69) is 135 Å². The molecule has 0 saturated carbocycles. The predicted molar refractivity (Wildman–Crippen MR) is 246 cm³/mol. The molecule has 0 aromatic heterocycles. The fourth-order valence-corrected chi connectivity index (χ4v) is 5.75. The first-order chi connectivity index (χ1) is 28.4. The summed E-state index contributed by atoms with van der Waals surface area (Å²) in [5, 5.41) is 0. The highest BCUT2D eigenvalue weighted by Crippen LogP contribution is 2.43. The van der Waals surface area contributed by atoms with Gasteiger partial charge in [0.15, 0.2) is 0 Å². The monoisotopic (exact) mass is 824 g/mol. The van der Waals surface area contributed by atoms with Gasteiger partial charge in [-0.05, 0) is 96.3 Å². The third-order valence-electron chi connectivity index (χ3n) is 8.08. The highest BCUT2D eigenvalue weighted by Gasteiger charge is 2.25. The number of phosphoric ester groups is 1. The van der Waals surface area contributed by atoms with Gasteiger partial charge in [-0.3, -0.25) is 13.8 Å². The number of rotatable bonds is 39. The van der Waals surface area contributed by atoms with Crippen molar-refractivity contribution in [3.05, 3.63) is 134 Å². The van der Waals surface area contributed by atoms with E-state index in [-0.39, 0.29) is 32.8 Å². The Morgan fingerprint density at radius 3 is 1.34 bits per heavy atom. The molecule has 0 aliphatic rings. The molecular formula is C49H78NO7P. The van der Waals surface area contributed by atoms with Crippen molar-refractivity contribution in [2.75, 3.05) is 33.0 Å². The highest BCUT2D eigenvalue weighted by molar-refractivity contribution is 7.47. The van der Waals surface area contributed by atoms with Crippen molar-refractivity contribution < 1.29 is 32.8 Å². The number of carbonyl (C=O) groups is 1. The number of allylic oxidation sites excluding steroid dienone is 22. The molecular weight excluding hydrogens is 746 g/mol. The van der Waals surface area contributed by atoms with E-state index in [4.69, 9.17) is 24.3 Å². The van der Waals surface area contributed by atoms with Crippen LogP contribution in [0, 0.1) is 0 Å². The molecule has 2 atom stereocenters. The lowest BCUT2D eigenvalue weighted by molar-refractivity contribution is -0.154. The van der Waals surface area contributed by atoms with Crippen LogP contribution < -0.4 is 5.73 Å². The summed E-state index contributed by atoms with van der Waals surface area (Å²) >= 11 is 0. The Hall–Kier alpha value is -3.36. The summed E-state index contributed by atoms with van der Waals surface area (Å²) < 4.78 is 33.3. The van der Waals surface area contributed by atoms with Crippen LogP contribution in [0.25, 0.3) is 0 Å². The second-order valence-corrected chi connectivity index (χ2v) is 14.9. The zero-order chi connectivity index (χ0) is 42.3. The van der Waals surface area contributed by atoms with E-state index >= 15 is 0 Å². The predicted octanol–water partition coefficient (Wildman–Crippen LogP) is 13.2. The lowest BCUT2D eigenvalue weighted by Crippen LogP contribution is -2.28. The molecule has 8 nitrogen and oxygen atoms in total. The van der Waals surface area contributed by atoms with Crippen LogP contribution in [0.5, 0.6) is 0 Å². The molecule has 0 radical (unpaired) electrons. The van der Waals surface area contributed by atoms with Crippen LogP contribution >= 0.6 is 7.82 Å². The maximum Gasteiger partial charge on any atom is 0.472 e. The topological polar surface area (TPSA) is 117 Å². The number of nitrogens with two attached hydrogens (primary N) is 1. The van der Waals surface area contributed by atoms with E-state index < -0.39 is 19.9 Å². The third-order valence-corrected chi connectivity index (χ3v) is 9.06. The van der Waals surface area contributed by atoms with E-state index in [0.717, 1.165) is 103 Å². The Labute approximate surface area is 353 Å². The summed E-state index contributed by atoms with van der Waals surface area (Å²) in [6, 6.07) is 0. The largest absolute Gasteiger partial charge is 0.472 e. The van der Waals surface area contributed by atoms with Gasteiger partial charge in [0.1, 0.15) is 6.10 Å². The number of unbranched alkanes of at least 4 members (excludes halogenated alkanes) is 4. The average Bonchev–Trinajstić information content (AvgIpc) is 3.21. The van der Waals surface area contributed by atoms with Gasteiger partial charge in [-0.1, -0.05) is 160 Å². The molecule has 2 unspecified atom stereocenters. The summed E-state index contributed by atoms with van der Waals surface area (Å²) in [7, 11) is -4.31. The van der Waals surface area contributed by atoms with Gasteiger partial charge in [0.25, 0.3) is 0 Å². The average molecular weight is 824 g/mol. The number of hydrogen-bond donors (Lipinski definition) is 2. The van der Waals surface area contributed by atoms with Crippen molar-refractivity contribution in [1.82, 2.24) is 0 Å². The first-order valence-electron chi connectivity index (χ1n) is 21.7. The van der Waals surface area contributed by atoms with E-state index in [1.807, 2.05) is 12.2 Å². The minimum atomic E-state index is -4.31. The minimum Gasteiger partial charge on any atom is -0.457 e. The Balaban J connectivity index is 4.17. The van der Waals surface area contributed by atoms with Gasteiger partial charge in [-0.25, -0.2) is 4.57 Å². The molecule has 0 aliphatic heterocycles. The van der Waals surface area contributed by atoms with Gasteiger partial charge in [-0.15, -0.1) is 0 Å². The van der Waals surface area contributed by atoms with Crippen LogP contribution in [0.1, 0.15) is 129 Å². The summed E-state index contributed by atoms with van der Waals surface area (Å²) in [6.07, 6.45) is 63.6. The summed E-state index contributed by atoms with van der Waals surface area (Å²) in [5.41, 5.74) is 5.36.